The molecule has 2 heterocycles. The highest BCUT2D eigenvalue weighted by Crippen LogP contribution is 2.26. The second kappa shape index (κ2) is 6.45. The topological polar surface area (TPSA) is 71.5 Å². The molecule has 2 aromatic heterocycles. The van der Waals surface area contributed by atoms with E-state index >= 15 is 0 Å². The number of benzene rings is 2. The minimum Gasteiger partial charge on any atom is -0.338 e. The lowest BCUT2D eigenvalue weighted by atomic mass is 10.1. The zero-order valence-corrected chi connectivity index (χ0v) is 14.3. The van der Waals surface area contributed by atoms with Gasteiger partial charge in [0.1, 0.15) is 5.52 Å². The molecule has 4 rings (SSSR count). The van der Waals surface area contributed by atoms with Crippen molar-refractivity contribution in [3.8, 4) is 0 Å². The largest absolute Gasteiger partial charge is 0.338 e. The van der Waals surface area contributed by atoms with Gasteiger partial charge in [0.05, 0.1) is 5.25 Å². The number of ketones is 1. The Morgan fingerprint density at radius 1 is 1.12 bits per heavy atom. The van der Waals surface area contributed by atoms with Gasteiger partial charge < -0.3 is 4.98 Å². The Kier molecular flexibility index (Phi) is 4.12. The summed E-state index contributed by atoms with van der Waals surface area (Å²) >= 11 is 1.11. The second-order valence-corrected chi connectivity index (χ2v) is 7.02. The summed E-state index contributed by atoms with van der Waals surface area (Å²) in [6.45, 7) is 1.66. The Balaban J connectivity index is 1.60. The van der Waals surface area contributed by atoms with Crippen LogP contribution in [-0.4, -0.2) is 31.2 Å². The summed E-state index contributed by atoms with van der Waals surface area (Å²) in [6, 6.07) is 10.8. The van der Waals surface area contributed by atoms with E-state index in [0.29, 0.717) is 16.3 Å². The lowest BCUT2D eigenvalue weighted by molar-refractivity contribution is 0.0993. The Morgan fingerprint density at radius 3 is 2.73 bits per heavy atom. The van der Waals surface area contributed by atoms with Crippen molar-refractivity contribution < 1.29 is 13.6 Å². The third-order valence-electron chi connectivity index (χ3n) is 3.96. The first-order valence-corrected chi connectivity index (χ1v) is 8.68. The minimum absolute atomic E-state index is 0.101. The number of carbonyl (C=O) groups is 1. The van der Waals surface area contributed by atoms with Crippen molar-refractivity contribution in [1.29, 1.82) is 0 Å². The third kappa shape index (κ3) is 2.92. The fourth-order valence-electron chi connectivity index (χ4n) is 2.65. The number of thioether (sulfide) groups is 1. The van der Waals surface area contributed by atoms with Crippen LogP contribution in [0.5, 0.6) is 0 Å². The summed E-state index contributed by atoms with van der Waals surface area (Å²) in [5.74, 6) is -2.38. The van der Waals surface area contributed by atoms with Crippen LogP contribution in [0.2, 0.25) is 0 Å². The molecule has 130 valence electrons. The average molecular weight is 370 g/mol. The number of nitrogens with one attached hydrogen (secondary N) is 1. The monoisotopic (exact) mass is 370 g/mol. The molecule has 8 heteroatoms. The van der Waals surface area contributed by atoms with Crippen LogP contribution in [0, 0.1) is 11.6 Å². The standard InChI is InChI=1S/C18H12F2N4OS/c1-9(16(25)10-6-7-12(19)13(20)8-10)26-18-22-17-15(23-24-18)11-4-2-3-5-14(11)21-17/h2-9H,1H3,(H,21,22,24)/t9-/m1/s1. The van der Waals surface area contributed by atoms with Crippen LogP contribution < -0.4 is 0 Å². The van der Waals surface area contributed by atoms with E-state index in [1.807, 2.05) is 24.3 Å². The van der Waals surface area contributed by atoms with Crippen LogP contribution in [0.4, 0.5) is 8.78 Å². The van der Waals surface area contributed by atoms with Gasteiger partial charge in [-0.2, -0.15) is 0 Å². The van der Waals surface area contributed by atoms with E-state index in [4.69, 9.17) is 0 Å². The molecule has 0 saturated carbocycles. The fourth-order valence-corrected chi connectivity index (χ4v) is 3.44. The van der Waals surface area contributed by atoms with Crippen LogP contribution in [0.25, 0.3) is 22.1 Å². The molecule has 0 aliphatic heterocycles. The maximum Gasteiger partial charge on any atom is 0.211 e. The summed E-state index contributed by atoms with van der Waals surface area (Å²) < 4.78 is 26.4. The van der Waals surface area contributed by atoms with Crippen molar-refractivity contribution in [3.63, 3.8) is 0 Å². The molecule has 0 spiro atoms. The summed E-state index contributed by atoms with van der Waals surface area (Å²) in [7, 11) is 0. The molecule has 4 aromatic rings. The Labute approximate surface area is 150 Å². The second-order valence-electron chi connectivity index (χ2n) is 5.72. The number of hydrogen-bond acceptors (Lipinski definition) is 5. The molecule has 2 aromatic carbocycles. The molecular weight excluding hydrogens is 358 g/mol. The molecule has 0 saturated heterocycles. The summed E-state index contributed by atoms with van der Waals surface area (Å²) in [5.41, 5.74) is 2.24. The average Bonchev–Trinajstić information content (AvgIpc) is 3.01. The van der Waals surface area contributed by atoms with Gasteiger partial charge in [-0.05, 0) is 31.2 Å². The molecule has 5 nitrogen and oxygen atoms in total. The predicted octanol–water partition coefficient (Wildman–Crippen LogP) is 4.15. The molecule has 26 heavy (non-hydrogen) atoms. The fraction of sp³-hybridized carbons (Fsp3) is 0.111. The van der Waals surface area contributed by atoms with E-state index in [1.54, 1.807) is 6.92 Å². The van der Waals surface area contributed by atoms with Crippen molar-refractivity contribution in [2.45, 2.75) is 17.3 Å². The number of carbonyl (C=O) groups excluding carboxylic acids is 1. The highest BCUT2D eigenvalue weighted by molar-refractivity contribution is 8.00. The highest BCUT2D eigenvalue weighted by atomic mass is 32.2. The number of Topliss-reactive ketones (excluding diaryl/α,β-unsaturated/α-hetero) is 1. The number of halogens is 2. The number of H-pyrrole nitrogens is 1. The van der Waals surface area contributed by atoms with Gasteiger partial charge in [0, 0.05) is 16.5 Å². The highest BCUT2D eigenvalue weighted by Gasteiger charge is 2.20. The number of rotatable bonds is 4. The lowest BCUT2D eigenvalue weighted by Crippen LogP contribution is -2.14. The number of aromatic amines is 1. The van der Waals surface area contributed by atoms with E-state index in [-0.39, 0.29) is 11.3 Å². The number of para-hydroxylation sites is 1. The van der Waals surface area contributed by atoms with E-state index in [2.05, 4.69) is 20.2 Å². The van der Waals surface area contributed by atoms with Crippen molar-refractivity contribution >= 4 is 39.6 Å². The molecular formula is C18H12F2N4OS. The first-order chi connectivity index (χ1) is 12.5. The minimum atomic E-state index is -1.05. The molecule has 0 aliphatic rings. The van der Waals surface area contributed by atoms with Crippen LogP contribution in [0.3, 0.4) is 0 Å². The van der Waals surface area contributed by atoms with E-state index in [0.717, 1.165) is 34.8 Å². The van der Waals surface area contributed by atoms with Crippen molar-refractivity contribution in [1.82, 2.24) is 20.2 Å². The van der Waals surface area contributed by atoms with E-state index < -0.39 is 16.9 Å². The predicted molar refractivity (Wildman–Crippen MR) is 95.2 cm³/mol. The van der Waals surface area contributed by atoms with Crippen molar-refractivity contribution in [3.05, 3.63) is 59.7 Å². The zero-order valence-electron chi connectivity index (χ0n) is 13.5. The van der Waals surface area contributed by atoms with Crippen molar-refractivity contribution in [2.24, 2.45) is 0 Å². The van der Waals surface area contributed by atoms with Crippen LogP contribution >= 0.6 is 11.8 Å². The molecule has 0 fully saturated rings. The molecule has 1 N–H and O–H groups in total. The van der Waals surface area contributed by atoms with Gasteiger partial charge in [-0.3, -0.25) is 4.79 Å². The molecule has 0 unspecified atom stereocenters. The molecule has 0 bridgehead atoms. The maximum absolute atomic E-state index is 13.3. The number of fused-ring (bicyclic) bond motifs is 3. The normalized spacial score (nSPS) is 12.6. The van der Waals surface area contributed by atoms with Crippen LogP contribution in [-0.2, 0) is 0 Å². The van der Waals surface area contributed by atoms with Gasteiger partial charge in [-0.15, -0.1) is 10.2 Å². The number of aromatic nitrogens is 4. The van der Waals surface area contributed by atoms with Crippen LogP contribution in [0.1, 0.15) is 17.3 Å². The maximum atomic E-state index is 13.3. The summed E-state index contributed by atoms with van der Waals surface area (Å²) in [6.07, 6.45) is 0. The SMILES string of the molecule is C[C@@H](Sc1nnc2c(n1)[nH]c1ccccc12)C(=O)c1ccc(F)c(F)c1. The molecule has 1 atom stereocenters. The Morgan fingerprint density at radius 2 is 1.92 bits per heavy atom. The van der Waals surface area contributed by atoms with Gasteiger partial charge >= 0.3 is 0 Å². The molecule has 0 aliphatic carbocycles. The lowest BCUT2D eigenvalue weighted by Gasteiger charge is -2.09. The van der Waals surface area contributed by atoms with E-state index in [1.165, 1.54) is 6.07 Å². The van der Waals surface area contributed by atoms with E-state index in [9.17, 15) is 13.6 Å². The molecule has 0 radical (unpaired) electrons. The first kappa shape index (κ1) is 16.6. The zero-order chi connectivity index (χ0) is 18.3. The summed E-state index contributed by atoms with van der Waals surface area (Å²) in [4.78, 5) is 20.0. The van der Waals surface area contributed by atoms with Gasteiger partial charge in [0.2, 0.25) is 5.16 Å². The quantitative estimate of drug-likeness (QED) is 0.432. The smallest absolute Gasteiger partial charge is 0.211 e. The van der Waals surface area contributed by atoms with Gasteiger partial charge in [-0.25, -0.2) is 13.8 Å². The number of nitrogens with zero attached hydrogens (tertiary/aromatic N) is 3. The molecule has 0 amide bonds. The van der Waals surface area contributed by atoms with Crippen LogP contribution in [0.15, 0.2) is 47.6 Å². The van der Waals surface area contributed by atoms with Gasteiger partial charge in [0.25, 0.3) is 0 Å². The van der Waals surface area contributed by atoms with Gasteiger partial charge in [0.15, 0.2) is 23.1 Å². The first-order valence-electron chi connectivity index (χ1n) is 7.80. The Hall–Kier alpha value is -2.87. The van der Waals surface area contributed by atoms with Crippen molar-refractivity contribution in [2.75, 3.05) is 0 Å². The third-order valence-corrected chi connectivity index (χ3v) is 4.91. The summed E-state index contributed by atoms with van der Waals surface area (Å²) in [5, 5.41) is 8.93. The Bertz CT molecular complexity index is 1140. The van der Waals surface area contributed by atoms with Gasteiger partial charge in [-0.1, -0.05) is 30.0 Å². The number of hydrogen-bond donors (Lipinski definition) is 1.